The van der Waals surface area contributed by atoms with Crippen molar-refractivity contribution in [1.29, 1.82) is 0 Å². The van der Waals surface area contributed by atoms with Crippen molar-refractivity contribution in [3.8, 4) is 0 Å². The van der Waals surface area contributed by atoms with Gasteiger partial charge in [0.2, 0.25) is 0 Å². The molecule has 0 unspecified atom stereocenters. The SMILES string of the molecule is O=C(Cn1cnc2ccccc2c1=O)c1cccc(C(F)(F)F)c1. The van der Waals surface area contributed by atoms with Crippen LogP contribution in [-0.2, 0) is 12.7 Å². The first-order valence-electron chi connectivity index (χ1n) is 7.01. The minimum atomic E-state index is -4.53. The lowest BCUT2D eigenvalue weighted by atomic mass is 10.1. The third-order valence-corrected chi connectivity index (χ3v) is 3.56. The molecule has 122 valence electrons. The molecule has 3 rings (SSSR count). The average molecular weight is 332 g/mol. The molecule has 7 heteroatoms. The third-order valence-electron chi connectivity index (χ3n) is 3.56. The molecule has 0 amide bonds. The number of halogens is 3. The number of rotatable bonds is 3. The van der Waals surface area contributed by atoms with Crippen molar-refractivity contribution in [3.05, 3.63) is 76.3 Å². The molecule has 0 bridgehead atoms. The van der Waals surface area contributed by atoms with E-state index in [1.165, 1.54) is 12.4 Å². The Morgan fingerprint density at radius 2 is 1.83 bits per heavy atom. The minimum absolute atomic E-state index is 0.107. The van der Waals surface area contributed by atoms with Crippen LogP contribution in [0.25, 0.3) is 10.9 Å². The fraction of sp³-hybridized carbons (Fsp3) is 0.118. The van der Waals surface area contributed by atoms with Crippen LogP contribution in [0.3, 0.4) is 0 Å². The summed E-state index contributed by atoms with van der Waals surface area (Å²) >= 11 is 0. The Hall–Kier alpha value is -2.96. The molecule has 1 heterocycles. The fourth-order valence-electron chi connectivity index (χ4n) is 2.33. The van der Waals surface area contributed by atoms with Gasteiger partial charge in [0.1, 0.15) is 0 Å². The largest absolute Gasteiger partial charge is 0.416 e. The number of hydrogen-bond donors (Lipinski definition) is 0. The molecular weight excluding hydrogens is 321 g/mol. The summed E-state index contributed by atoms with van der Waals surface area (Å²) in [5.74, 6) is -0.597. The van der Waals surface area contributed by atoms with Crippen molar-refractivity contribution in [2.75, 3.05) is 0 Å². The number of hydrogen-bond acceptors (Lipinski definition) is 3. The van der Waals surface area contributed by atoms with Crippen molar-refractivity contribution in [1.82, 2.24) is 9.55 Å². The van der Waals surface area contributed by atoms with Crippen LogP contribution in [0.1, 0.15) is 15.9 Å². The molecule has 0 aliphatic rings. The van der Waals surface area contributed by atoms with Gasteiger partial charge in [0.05, 0.1) is 29.3 Å². The lowest BCUT2D eigenvalue weighted by Crippen LogP contribution is -2.24. The van der Waals surface area contributed by atoms with E-state index in [1.54, 1.807) is 24.3 Å². The summed E-state index contributed by atoms with van der Waals surface area (Å²) in [6, 6.07) is 10.8. The van der Waals surface area contributed by atoms with E-state index in [4.69, 9.17) is 0 Å². The molecular formula is C17H11F3N2O2. The highest BCUT2D eigenvalue weighted by molar-refractivity contribution is 5.96. The smallest absolute Gasteiger partial charge is 0.292 e. The molecule has 0 saturated carbocycles. The first kappa shape index (κ1) is 15.9. The summed E-state index contributed by atoms with van der Waals surface area (Å²) in [5.41, 5.74) is -0.937. The molecule has 0 N–H and O–H groups in total. The summed E-state index contributed by atoms with van der Waals surface area (Å²) in [5, 5.41) is 0.344. The average Bonchev–Trinajstić information content (AvgIpc) is 2.57. The first-order chi connectivity index (χ1) is 11.4. The van der Waals surface area contributed by atoms with Crippen molar-refractivity contribution >= 4 is 16.7 Å². The van der Waals surface area contributed by atoms with Crippen LogP contribution >= 0.6 is 0 Å². The van der Waals surface area contributed by atoms with Crippen LogP contribution in [0, 0.1) is 0 Å². The Kier molecular flexibility index (Phi) is 3.92. The van der Waals surface area contributed by atoms with Gasteiger partial charge in [-0.15, -0.1) is 0 Å². The zero-order valence-corrected chi connectivity index (χ0v) is 12.2. The molecule has 0 saturated heterocycles. The standard InChI is InChI=1S/C17H11F3N2O2/c18-17(19,20)12-5-3-4-11(8-12)15(23)9-22-10-21-14-7-2-1-6-13(14)16(22)24/h1-8,10H,9H2. The number of aromatic nitrogens is 2. The topological polar surface area (TPSA) is 52.0 Å². The van der Waals surface area contributed by atoms with E-state index in [9.17, 15) is 22.8 Å². The van der Waals surface area contributed by atoms with Gasteiger partial charge in [0, 0.05) is 5.56 Å². The summed E-state index contributed by atoms with van der Waals surface area (Å²) in [6.45, 7) is -0.377. The molecule has 0 spiro atoms. The van der Waals surface area contributed by atoms with Crippen LogP contribution < -0.4 is 5.56 Å². The normalized spacial score (nSPS) is 11.6. The van der Waals surface area contributed by atoms with E-state index < -0.39 is 23.1 Å². The van der Waals surface area contributed by atoms with E-state index in [0.29, 0.717) is 10.9 Å². The van der Waals surface area contributed by atoms with Gasteiger partial charge in [0.15, 0.2) is 5.78 Å². The van der Waals surface area contributed by atoms with Crippen LogP contribution in [0.15, 0.2) is 59.7 Å². The number of carbonyl (C=O) groups excluding carboxylic acids is 1. The first-order valence-corrected chi connectivity index (χ1v) is 7.01. The number of ketones is 1. The van der Waals surface area contributed by atoms with Gasteiger partial charge >= 0.3 is 6.18 Å². The molecule has 4 nitrogen and oxygen atoms in total. The number of nitrogens with zero attached hydrogens (tertiary/aromatic N) is 2. The van der Waals surface area contributed by atoms with Gasteiger partial charge in [0.25, 0.3) is 5.56 Å². The van der Waals surface area contributed by atoms with E-state index in [-0.39, 0.29) is 12.1 Å². The summed E-state index contributed by atoms with van der Waals surface area (Å²) < 4.78 is 39.2. The minimum Gasteiger partial charge on any atom is -0.292 e. The highest BCUT2D eigenvalue weighted by Crippen LogP contribution is 2.29. The Balaban J connectivity index is 1.93. The maximum atomic E-state index is 12.7. The maximum Gasteiger partial charge on any atom is 0.416 e. The lowest BCUT2D eigenvalue weighted by Gasteiger charge is -2.09. The monoisotopic (exact) mass is 332 g/mol. The summed E-state index contributed by atoms with van der Waals surface area (Å²) in [6.07, 6.45) is -3.31. The van der Waals surface area contributed by atoms with Crippen LogP contribution in [-0.4, -0.2) is 15.3 Å². The Bertz CT molecular complexity index is 977. The number of carbonyl (C=O) groups is 1. The molecule has 0 radical (unpaired) electrons. The van der Waals surface area contributed by atoms with E-state index in [2.05, 4.69) is 4.98 Å². The zero-order chi connectivity index (χ0) is 17.3. The van der Waals surface area contributed by atoms with Crippen molar-refractivity contribution in [2.45, 2.75) is 12.7 Å². The number of para-hydroxylation sites is 1. The van der Waals surface area contributed by atoms with Gasteiger partial charge in [-0.3, -0.25) is 14.2 Å². The molecule has 0 atom stereocenters. The fourth-order valence-corrected chi connectivity index (χ4v) is 2.33. The van der Waals surface area contributed by atoms with Gasteiger partial charge < -0.3 is 0 Å². The Morgan fingerprint density at radius 3 is 2.58 bits per heavy atom. The number of Topliss-reactive ketones (excluding diaryl/α,β-unsaturated/α-hetero) is 1. The molecule has 1 aromatic heterocycles. The number of alkyl halides is 3. The summed E-state index contributed by atoms with van der Waals surface area (Å²) in [4.78, 5) is 28.6. The van der Waals surface area contributed by atoms with Crippen LogP contribution in [0.5, 0.6) is 0 Å². The van der Waals surface area contributed by atoms with Crippen LogP contribution in [0.2, 0.25) is 0 Å². The molecule has 24 heavy (non-hydrogen) atoms. The van der Waals surface area contributed by atoms with Gasteiger partial charge in [-0.1, -0.05) is 24.3 Å². The quantitative estimate of drug-likeness (QED) is 0.692. The molecule has 2 aromatic carbocycles. The van der Waals surface area contributed by atoms with Gasteiger partial charge in [-0.2, -0.15) is 13.2 Å². The number of benzene rings is 2. The van der Waals surface area contributed by atoms with Crippen molar-refractivity contribution in [2.24, 2.45) is 0 Å². The number of fused-ring (bicyclic) bond motifs is 1. The van der Waals surface area contributed by atoms with Crippen LogP contribution in [0.4, 0.5) is 13.2 Å². The highest BCUT2D eigenvalue weighted by atomic mass is 19.4. The second-order valence-electron chi connectivity index (χ2n) is 5.20. The predicted octanol–water partition coefficient (Wildman–Crippen LogP) is 3.30. The summed E-state index contributed by atoms with van der Waals surface area (Å²) in [7, 11) is 0. The van der Waals surface area contributed by atoms with E-state index in [1.807, 2.05) is 0 Å². The van der Waals surface area contributed by atoms with Gasteiger partial charge in [-0.25, -0.2) is 4.98 Å². The molecule has 3 aromatic rings. The molecule has 0 aliphatic heterocycles. The lowest BCUT2D eigenvalue weighted by molar-refractivity contribution is -0.137. The van der Waals surface area contributed by atoms with Crippen molar-refractivity contribution in [3.63, 3.8) is 0 Å². The van der Waals surface area contributed by atoms with Crippen molar-refractivity contribution < 1.29 is 18.0 Å². The van der Waals surface area contributed by atoms with Gasteiger partial charge in [-0.05, 0) is 24.3 Å². The zero-order valence-electron chi connectivity index (χ0n) is 12.2. The Morgan fingerprint density at radius 1 is 1.08 bits per heavy atom. The second kappa shape index (κ2) is 5.92. The van der Waals surface area contributed by atoms with E-state index in [0.717, 1.165) is 22.8 Å². The van der Waals surface area contributed by atoms with E-state index >= 15 is 0 Å². The second-order valence-corrected chi connectivity index (χ2v) is 5.20. The third kappa shape index (κ3) is 3.05. The predicted molar refractivity (Wildman–Crippen MR) is 81.8 cm³/mol. The maximum absolute atomic E-state index is 12.7. The molecule has 0 aliphatic carbocycles. The Labute approximate surface area is 134 Å². The highest BCUT2D eigenvalue weighted by Gasteiger charge is 2.30. The molecule has 0 fully saturated rings.